The highest BCUT2D eigenvalue weighted by Gasteiger charge is 2.40. The van der Waals surface area contributed by atoms with E-state index in [-0.39, 0.29) is 0 Å². The Bertz CT molecular complexity index is 215. The third kappa shape index (κ3) is 1.72. The first-order valence-electron chi connectivity index (χ1n) is 5.27. The molecule has 0 heteroatoms. The van der Waals surface area contributed by atoms with Crippen LogP contribution < -0.4 is 0 Å². The van der Waals surface area contributed by atoms with Crippen LogP contribution in [0.15, 0.2) is 24.3 Å². The zero-order chi connectivity index (χ0) is 10.1. The molecule has 0 bridgehead atoms. The molecule has 0 N–H and O–H groups in total. The lowest BCUT2D eigenvalue weighted by molar-refractivity contribution is 0.0731. The van der Waals surface area contributed by atoms with Gasteiger partial charge in [0, 0.05) is 5.92 Å². The summed E-state index contributed by atoms with van der Waals surface area (Å²) < 4.78 is 0. The molecule has 0 radical (unpaired) electrons. The standard InChI is InChI=1S/C13H22/c1-6-13(5,12(2,3)4)11-9-7-8-10-11/h7-11H,6H2,1-5H3. The molecular formula is C13H22. The van der Waals surface area contributed by atoms with Gasteiger partial charge in [0.1, 0.15) is 0 Å². The Morgan fingerprint density at radius 2 is 1.46 bits per heavy atom. The minimum atomic E-state index is 0.367. The maximum Gasteiger partial charge on any atom is 0.00115 e. The van der Waals surface area contributed by atoms with Gasteiger partial charge in [0.15, 0.2) is 0 Å². The molecule has 0 saturated heterocycles. The number of hydrogen-bond donors (Lipinski definition) is 0. The van der Waals surface area contributed by atoms with Crippen LogP contribution in [0.2, 0.25) is 0 Å². The monoisotopic (exact) mass is 178 g/mol. The van der Waals surface area contributed by atoms with E-state index in [0.29, 0.717) is 16.7 Å². The second kappa shape index (κ2) is 3.32. The highest BCUT2D eigenvalue weighted by molar-refractivity contribution is 5.21. The molecule has 1 aliphatic rings. The predicted molar refractivity (Wildman–Crippen MR) is 59.6 cm³/mol. The molecule has 1 unspecified atom stereocenters. The van der Waals surface area contributed by atoms with E-state index in [2.05, 4.69) is 58.9 Å². The van der Waals surface area contributed by atoms with Crippen LogP contribution in [0, 0.1) is 16.7 Å². The normalized spacial score (nSPS) is 22.2. The summed E-state index contributed by atoms with van der Waals surface area (Å²) in [6.45, 7) is 11.7. The molecule has 1 aliphatic carbocycles. The van der Waals surface area contributed by atoms with E-state index in [1.165, 1.54) is 6.42 Å². The maximum absolute atomic E-state index is 2.40. The quantitative estimate of drug-likeness (QED) is 0.594. The second-order valence-corrected chi connectivity index (χ2v) is 5.32. The summed E-state index contributed by atoms with van der Waals surface area (Å²) >= 11 is 0. The first kappa shape index (κ1) is 10.6. The van der Waals surface area contributed by atoms with E-state index in [1.54, 1.807) is 0 Å². The summed E-state index contributed by atoms with van der Waals surface area (Å²) in [4.78, 5) is 0. The summed E-state index contributed by atoms with van der Waals surface area (Å²) in [5.74, 6) is 0.623. The van der Waals surface area contributed by atoms with Crippen molar-refractivity contribution in [1.82, 2.24) is 0 Å². The zero-order valence-electron chi connectivity index (χ0n) is 9.59. The van der Waals surface area contributed by atoms with E-state index in [0.717, 1.165) is 0 Å². The van der Waals surface area contributed by atoms with Gasteiger partial charge < -0.3 is 0 Å². The molecule has 0 heterocycles. The van der Waals surface area contributed by atoms with Crippen LogP contribution >= 0.6 is 0 Å². The van der Waals surface area contributed by atoms with E-state index >= 15 is 0 Å². The molecule has 0 aromatic carbocycles. The summed E-state index contributed by atoms with van der Waals surface area (Å²) in [5, 5.41) is 0. The molecule has 0 aromatic rings. The van der Waals surface area contributed by atoms with Gasteiger partial charge in [-0.05, 0) is 17.3 Å². The second-order valence-electron chi connectivity index (χ2n) is 5.32. The summed E-state index contributed by atoms with van der Waals surface area (Å²) in [5.41, 5.74) is 0.752. The van der Waals surface area contributed by atoms with Gasteiger partial charge in [-0.1, -0.05) is 58.9 Å². The topological polar surface area (TPSA) is 0 Å². The van der Waals surface area contributed by atoms with Crippen molar-refractivity contribution >= 4 is 0 Å². The van der Waals surface area contributed by atoms with E-state index in [1.807, 2.05) is 0 Å². The van der Waals surface area contributed by atoms with E-state index < -0.39 is 0 Å². The zero-order valence-corrected chi connectivity index (χ0v) is 9.59. The lowest BCUT2D eigenvalue weighted by Gasteiger charge is -2.45. The van der Waals surface area contributed by atoms with Crippen molar-refractivity contribution in [2.24, 2.45) is 16.7 Å². The summed E-state index contributed by atoms with van der Waals surface area (Å²) in [6, 6.07) is 0. The highest BCUT2D eigenvalue weighted by Crippen LogP contribution is 2.49. The van der Waals surface area contributed by atoms with Crippen LogP contribution in [0.1, 0.15) is 41.0 Å². The van der Waals surface area contributed by atoms with Gasteiger partial charge >= 0.3 is 0 Å². The molecule has 0 fully saturated rings. The Labute approximate surface area is 82.7 Å². The van der Waals surface area contributed by atoms with Gasteiger partial charge in [0.2, 0.25) is 0 Å². The molecule has 0 aliphatic heterocycles. The van der Waals surface area contributed by atoms with Crippen LogP contribution in [0.3, 0.4) is 0 Å². The third-order valence-electron chi connectivity index (χ3n) is 3.93. The summed E-state index contributed by atoms with van der Waals surface area (Å²) in [7, 11) is 0. The Morgan fingerprint density at radius 3 is 1.77 bits per heavy atom. The minimum Gasteiger partial charge on any atom is -0.0771 e. The van der Waals surface area contributed by atoms with Crippen molar-refractivity contribution < 1.29 is 0 Å². The molecular weight excluding hydrogens is 156 g/mol. The smallest absolute Gasteiger partial charge is 0.00115 e. The van der Waals surface area contributed by atoms with Crippen LogP contribution in [-0.2, 0) is 0 Å². The molecule has 74 valence electrons. The third-order valence-corrected chi connectivity index (χ3v) is 3.93. The highest BCUT2D eigenvalue weighted by atomic mass is 14.4. The fourth-order valence-corrected chi connectivity index (χ4v) is 2.12. The molecule has 1 atom stereocenters. The van der Waals surface area contributed by atoms with Gasteiger partial charge in [-0.3, -0.25) is 0 Å². The van der Waals surface area contributed by atoms with Crippen LogP contribution in [0.4, 0.5) is 0 Å². The molecule has 13 heavy (non-hydrogen) atoms. The number of hydrogen-bond acceptors (Lipinski definition) is 0. The lowest BCUT2D eigenvalue weighted by atomic mass is 9.60. The van der Waals surface area contributed by atoms with Crippen molar-refractivity contribution in [3.05, 3.63) is 24.3 Å². The van der Waals surface area contributed by atoms with Crippen molar-refractivity contribution in [2.75, 3.05) is 0 Å². The predicted octanol–water partition coefficient (Wildman–Crippen LogP) is 4.19. The average molecular weight is 178 g/mol. The fraction of sp³-hybridized carbons (Fsp3) is 0.692. The van der Waals surface area contributed by atoms with Crippen LogP contribution in [0.5, 0.6) is 0 Å². The average Bonchev–Trinajstić information content (AvgIpc) is 2.52. The maximum atomic E-state index is 2.40. The van der Waals surface area contributed by atoms with Crippen molar-refractivity contribution in [2.45, 2.75) is 41.0 Å². The van der Waals surface area contributed by atoms with Crippen molar-refractivity contribution in [1.29, 1.82) is 0 Å². The van der Waals surface area contributed by atoms with Crippen LogP contribution in [-0.4, -0.2) is 0 Å². The van der Waals surface area contributed by atoms with Crippen molar-refractivity contribution in [3.63, 3.8) is 0 Å². The Kier molecular flexibility index (Phi) is 2.70. The van der Waals surface area contributed by atoms with Gasteiger partial charge in [-0.15, -0.1) is 0 Å². The SMILES string of the molecule is CCC(C)(C1C=CC=C1)C(C)(C)C. The van der Waals surface area contributed by atoms with Gasteiger partial charge in [0.05, 0.1) is 0 Å². The van der Waals surface area contributed by atoms with Gasteiger partial charge in [0.25, 0.3) is 0 Å². The molecule has 1 rings (SSSR count). The van der Waals surface area contributed by atoms with E-state index in [9.17, 15) is 0 Å². The van der Waals surface area contributed by atoms with Crippen LogP contribution in [0.25, 0.3) is 0 Å². The van der Waals surface area contributed by atoms with E-state index in [4.69, 9.17) is 0 Å². The molecule has 0 aromatic heterocycles. The molecule has 0 amide bonds. The lowest BCUT2D eigenvalue weighted by Crippen LogP contribution is -2.37. The van der Waals surface area contributed by atoms with Gasteiger partial charge in [-0.25, -0.2) is 0 Å². The Balaban J connectivity index is 2.93. The Hall–Kier alpha value is -0.520. The first-order valence-corrected chi connectivity index (χ1v) is 5.27. The number of rotatable bonds is 2. The molecule has 0 nitrogen and oxygen atoms in total. The number of allylic oxidation sites excluding steroid dienone is 4. The first-order chi connectivity index (χ1) is 5.92. The van der Waals surface area contributed by atoms with Gasteiger partial charge in [-0.2, -0.15) is 0 Å². The largest absolute Gasteiger partial charge is 0.0771 e. The van der Waals surface area contributed by atoms with Crippen molar-refractivity contribution in [3.8, 4) is 0 Å². The summed E-state index contributed by atoms with van der Waals surface area (Å²) in [6.07, 6.45) is 10.2. The Morgan fingerprint density at radius 1 is 1.00 bits per heavy atom. The fourth-order valence-electron chi connectivity index (χ4n) is 2.12. The minimum absolute atomic E-state index is 0.367. The molecule has 0 saturated carbocycles. The molecule has 0 spiro atoms.